The number of amides is 2. The predicted molar refractivity (Wildman–Crippen MR) is 145 cm³/mol. The summed E-state index contributed by atoms with van der Waals surface area (Å²) in [6.07, 6.45) is 0.475. The minimum Gasteiger partial charge on any atom is -0.493 e. The zero-order valence-corrected chi connectivity index (χ0v) is 22.3. The fraction of sp³-hybridized carbons (Fsp3) is 0.400. The zero-order chi connectivity index (χ0) is 27.7. The summed E-state index contributed by atoms with van der Waals surface area (Å²) >= 11 is 0. The number of carbonyl (C=O) groups is 2. The molecule has 1 aliphatic carbocycles. The Kier molecular flexibility index (Phi) is 7.63. The molecule has 5 rings (SSSR count). The van der Waals surface area contributed by atoms with E-state index in [0.717, 1.165) is 10.9 Å². The lowest BCUT2D eigenvalue weighted by Crippen LogP contribution is -2.56. The van der Waals surface area contributed by atoms with Crippen molar-refractivity contribution in [3.05, 3.63) is 71.5 Å². The molecule has 0 saturated carbocycles. The number of benzene rings is 2. The van der Waals surface area contributed by atoms with Crippen molar-refractivity contribution in [1.29, 1.82) is 0 Å². The van der Waals surface area contributed by atoms with Crippen molar-refractivity contribution in [2.75, 3.05) is 26.8 Å². The van der Waals surface area contributed by atoms with Gasteiger partial charge in [-0.15, -0.1) is 0 Å². The Morgan fingerprint density at radius 1 is 1.15 bits per heavy atom. The summed E-state index contributed by atoms with van der Waals surface area (Å²) in [6, 6.07) is 13.6. The number of aliphatic hydroxyl groups is 2. The number of hydrogen-bond donors (Lipinski definition) is 3. The molecule has 3 N–H and O–H groups in total. The zero-order valence-electron chi connectivity index (χ0n) is 22.3. The molecular formula is C30H34N2O7. The summed E-state index contributed by atoms with van der Waals surface area (Å²) in [5.74, 6) is 0.219. The lowest BCUT2D eigenvalue weighted by molar-refractivity contribution is -0.118. The topological polar surface area (TPSA) is 121 Å². The van der Waals surface area contributed by atoms with Gasteiger partial charge in [0.25, 0.3) is 5.91 Å². The maximum atomic E-state index is 14.0. The Balaban J connectivity index is 1.57. The highest BCUT2D eigenvalue weighted by atomic mass is 16.5. The highest BCUT2D eigenvalue weighted by Crippen LogP contribution is 2.47. The van der Waals surface area contributed by atoms with E-state index in [2.05, 4.69) is 19.2 Å². The van der Waals surface area contributed by atoms with Gasteiger partial charge in [0.1, 0.15) is 18.0 Å². The van der Waals surface area contributed by atoms with Crippen LogP contribution in [0.5, 0.6) is 11.5 Å². The standard InChI is InChI=1S/C30H34N2O7/c1-17(2)11-13-32(30(36)24-15-18-7-6-10-23(37-3)27(18)39-24)21-16-20(29(35)31-12-14-33)25-19-8-4-5-9-22(19)38-28(25)26(21)34/h4-10,15-17,21,25-26,28,33-34H,11-14H2,1-3H3,(H,31,35). The number of aliphatic hydroxyl groups excluding tert-OH is 2. The van der Waals surface area contributed by atoms with E-state index in [0.29, 0.717) is 35.6 Å². The number of para-hydroxylation sites is 2. The molecular weight excluding hydrogens is 500 g/mol. The number of ether oxygens (including phenoxy) is 2. The van der Waals surface area contributed by atoms with Gasteiger partial charge >= 0.3 is 0 Å². The molecule has 2 heterocycles. The Morgan fingerprint density at radius 2 is 1.95 bits per heavy atom. The van der Waals surface area contributed by atoms with Crippen molar-refractivity contribution >= 4 is 22.8 Å². The maximum absolute atomic E-state index is 14.0. The first-order chi connectivity index (χ1) is 18.8. The molecule has 0 bridgehead atoms. The largest absolute Gasteiger partial charge is 0.493 e. The van der Waals surface area contributed by atoms with Crippen LogP contribution in [0.15, 0.2) is 64.6 Å². The molecule has 4 atom stereocenters. The van der Waals surface area contributed by atoms with E-state index in [9.17, 15) is 19.8 Å². The van der Waals surface area contributed by atoms with Crippen molar-refractivity contribution in [3.8, 4) is 11.5 Å². The second kappa shape index (κ2) is 11.1. The molecule has 0 radical (unpaired) electrons. The fourth-order valence-corrected chi connectivity index (χ4v) is 5.42. The van der Waals surface area contributed by atoms with Gasteiger partial charge in [0, 0.05) is 29.6 Å². The van der Waals surface area contributed by atoms with Crippen LogP contribution in [0.25, 0.3) is 11.0 Å². The number of methoxy groups -OCH3 is 1. The second-order valence-corrected chi connectivity index (χ2v) is 10.4. The van der Waals surface area contributed by atoms with Gasteiger partial charge in [0.2, 0.25) is 5.91 Å². The molecule has 0 spiro atoms. The third-order valence-corrected chi connectivity index (χ3v) is 7.38. The van der Waals surface area contributed by atoms with Crippen molar-refractivity contribution in [1.82, 2.24) is 10.2 Å². The van der Waals surface area contributed by atoms with Gasteiger partial charge in [0.15, 0.2) is 17.1 Å². The van der Waals surface area contributed by atoms with Gasteiger partial charge in [-0.05, 0) is 36.6 Å². The van der Waals surface area contributed by atoms with Crippen LogP contribution in [0.4, 0.5) is 0 Å². The quantitative estimate of drug-likeness (QED) is 0.385. The SMILES string of the molecule is COc1cccc2cc(C(=O)N(CCC(C)C)C3C=C(C(=O)NCCO)C4c5ccccc5OC4C3O)oc12. The molecule has 2 amide bonds. The normalized spacial score (nSPS) is 21.6. The summed E-state index contributed by atoms with van der Waals surface area (Å²) in [7, 11) is 1.54. The molecule has 39 heavy (non-hydrogen) atoms. The molecule has 3 aromatic rings. The van der Waals surface area contributed by atoms with Crippen LogP contribution >= 0.6 is 0 Å². The van der Waals surface area contributed by atoms with Crippen molar-refractivity contribution in [2.45, 2.75) is 44.4 Å². The average Bonchev–Trinajstić information content (AvgIpc) is 3.55. The number of nitrogens with one attached hydrogen (secondary N) is 1. The first-order valence-electron chi connectivity index (χ1n) is 13.3. The van der Waals surface area contributed by atoms with Gasteiger partial charge in [-0.25, -0.2) is 0 Å². The van der Waals surface area contributed by atoms with Crippen LogP contribution in [0.2, 0.25) is 0 Å². The van der Waals surface area contributed by atoms with Crippen LogP contribution in [0.3, 0.4) is 0 Å². The Labute approximate surface area is 227 Å². The molecule has 9 nitrogen and oxygen atoms in total. The van der Waals surface area contributed by atoms with E-state index in [1.165, 1.54) is 7.11 Å². The second-order valence-electron chi connectivity index (χ2n) is 10.4. The van der Waals surface area contributed by atoms with Gasteiger partial charge in [-0.1, -0.05) is 44.2 Å². The van der Waals surface area contributed by atoms with Crippen molar-refractivity contribution < 1.29 is 33.7 Å². The third-order valence-electron chi connectivity index (χ3n) is 7.38. The van der Waals surface area contributed by atoms with Crippen LogP contribution in [-0.4, -0.2) is 72.0 Å². The smallest absolute Gasteiger partial charge is 0.290 e. The number of furan rings is 1. The third kappa shape index (κ3) is 4.99. The number of nitrogens with zero attached hydrogens (tertiary/aromatic N) is 1. The van der Waals surface area contributed by atoms with Gasteiger partial charge in [-0.3, -0.25) is 9.59 Å². The van der Waals surface area contributed by atoms with Crippen LogP contribution in [0, 0.1) is 5.92 Å². The summed E-state index contributed by atoms with van der Waals surface area (Å²) in [4.78, 5) is 28.9. The molecule has 0 saturated heterocycles. The highest BCUT2D eigenvalue weighted by Gasteiger charge is 2.50. The van der Waals surface area contributed by atoms with E-state index in [-0.39, 0.29) is 30.7 Å². The molecule has 4 unspecified atom stereocenters. The Bertz CT molecular complexity index is 1390. The number of carbonyl (C=O) groups excluding carboxylic acids is 2. The number of hydrogen-bond acceptors (Lipinski definition) is 7. The summed E-state index contributed by atoms with van der Waals surface area (Å²) in [5, 5.41) is 24.4. The molecule has 206 valence electrons. The Hall–Kier alpha value is -3.82. The van der Waals surface area contributed by atoms with Gasteiger partial charge in [0.05, 0.1) is 25.7 Å². The van der Waals surface area contributed by atoms with Crippen LogP contribution in [0.1, 0.15) is 42.3 Å². The monoisotopic (exact) mass is 534 g/mol. The van der Waals surface area contributed by atoms with E-state index in [1.807, 2.05) is 36.4 Å². The maximum Gasteiger partial charge on any atom is 0.290 e. The lowest BCUT2D eigenvalue weighted by atomic mass is 9.77. The molecule has 1 aromatic heterocycles. The Morgan fingerprint density at radius 3 is 2.69 bits per heavy atom. The van der Waals surface area contributed by atoms with Crippen LogP contribution in [-0.2, 0) is 4.79 Å². The fourth-order valence-electron chi connectivity index (χ4n) is 5.42. The molecule has 1 aliphatic heterocycles. The first kappa shape index (κ1) is 26.8. The highest BCUT2D eigenvalue weighted by molar-refractivity contribution is 5.99. The minimum atomic E-state index is -1.10. The average molecular weight is 535 g/mol. The number of fused-ring (bicyclic) bond motifs is 4. The minimum absolute atomic E-state index is 0.0834. The van der Waals surface area contributed by atoms with E-state index >= 15 is 0 Å². The first-order valence-corrected chi connectivity index (χ1v) is 13.3. The molecule has 2 aliphatic rings. The van der Waals surface area contributed by atoms with E-state index in [1.54, 1.807) is 23.1 Å². The number of rotatable bonds is 9. The molecule has 9 heteroatoms. The molecule has 2 aromatic carbocycles. The summed E-state index contributed by atoms with van der Waals surface area (Å²) < 4.78 is 17.6. The summed E-state index contributed by atoms with van der Waals surface area (Å²) in [5.41, 5.74) is 1.66. The lowest BCUT2D eigenvalue weighted by Gasteiger charge is -2.40. The van der Waals surface area contributed by atoms with Crippen molar-refractivity contribution in [3.63, 3.8) is 0 Å². The molecule has 0 fully saturated rings. The predicted octanol–water partition coefficient (Wildman–Crippen LogP) is 3.25. The summed E-state index contributed by atoms with van der Waals surface area (Å²) in [6.45, 7) is 4.32. The van der Waals surface area contributed by atoms with Gasteiger partial charge < -0.3 is 34.3 Å². The van der Waals surface area contributed by atoms with E-state index in [4.69, 9.17) is 13.9 Å². The van der Waals surface area contributed by atoms with E-state index < -0.39 is 30.1 Å². The van der Waals surface area contributed by atoms with Crippen LogP contribution < -0.4 is 14.8 Å². The van der Waals surface area contributed by atoms with Gasteiger partial charge in [-0.2, -0.15) is 0 Å². The van der Waals surface area contributed by atoms with Crippen molar-refractivity contribution in [2.24, 2.45) is 5.92 Å².